The van der Waals surface area contributed by atoms with Crippen molar-refractivity contribution in [3.63, 3.8) is 0 Å². The Morgan fingerprint density at radius 2 is 2.29 bits per heavy atom. The Labute approximate surface area is 124 Å². The first-order chi connectivity index (χ1) is 10.2. The number of aryl methyl sites for hydroxylation is 1. The Morgan fingerprint density at radius 3 is 2.90 bits per heavy atom. The van der Waals surface area contributed by atoms with Crippen molar-refractivity contribution in [3.8, 4) is 17.1 Å². The molecule has 2 aromatic rings. The lowest BCUT2D eigenvalue weighted by molar-refractivity contribution is 0.250. The van der Waals surface area contributed by atoms with Gasteiger partial charge in [-0.3, -0.25) is 0 Å². The molecule has 1 N–H and O–H groups in total. The molecule has 1 atom stereocenters. The van der Waals surface area contributed by atoms with Crippen LogP contribution in [0.25, 0.3) is 11.4 Å². The molecular weight excluding hydrogens is 266 g/mol. The van der Waals surface area contributed by atoms with Crippen LogP contribution in [0.3, 0.4) is 0 Å². The quantitative estimate of drug-likeness (QED) is 0.936. The second-order valence-electron chi connectivity index (χ2n) is 5.57. The third kappa shape index (κ3) is 2.42. The lowest BCUT2D eigenvalue weighted by Gasteiger charge is -2.22. The molecule has 0 amide bonds. The van der Waals surface area contributed by atoms with Gasteiger partial charge in [0.05, 0.1) is 12.6 Å². The van der Waals surface area contributed by atoms with Gasteiger partial charge < -0.3 is 14.6 Å². The summed E-state index contributed by atoms with van der Waals surface area (Å²) in [7, 11) is 1.67. The molecule has 0 saturated carbocycles. The van der Waals surface area contributed by atoms with Crippen molar-refractivity contribution in [2.24, 2.45) is 0 Å². The summed E-state index contributed by atoms with van der Waals surface area (Å²) in [5.74, 6) is 2.20. The number of ether oxygens (including phenoxy) is 1. The van der Waals surface area contributed by atoms with Crippen LogP contribution in [0.2, 0.25) is 0 Å². The molecule has 1 aliphatic heterocycles. The number of benzene rings is 1. The molecule has 5 nitrogen and oxygen atoms in total. The molecule has 2 heterocycles. The molecule has 0 bridgehead atoms. The maximum atomic E-state index is 5.54. The van der Waals surface area contributed by atoms with Gasteiger partial charge in [-0.2, -0.15) is 4.98 Å². The van der Waals surface area contributed by atoms with E-state index in [2.05, 4.69) is 22.4 Å². The predicted octanol–water partition coefficient (Wildman–Crippen LogP) is 3.04. The fraction of sp³-hybridized carbons (Fsp3) is 0.500. The van der Waals surface area contributed by atoms with Gasteiger partial charge in [0.1, 0.15) is 5.75 Å². The molecular formula is C16H21N3O2. The number of methoxy groups -OCH3 is 1. The molecule has 0 spiro atoms. The maximum absolute atomic E-state index is 5.54. The molecule has 1 aromatic heterocycles. The highest BCUT2D eigenvalue weighted by atomic mass is 16.5. The summed E-state index contributed by atoms with van der Waals surface area (Å²) in [6.45, 7) is 5.17. The van der Waals surface area contributed by atoms with Gasteiger partial charge in [0.25, 0.3) is 0 Å². The second-order valence-corrected chi connectivity index (χ2v) is 5.57. The lowest BCUT2D eigenvalue weighted by Crippen LogP contribution is -2.36. The summed E-state index contributed by atoms with van der Waals surface area (Å²) in [4.78, 5) is 4.62. The Balaban J connectivity index is 1.93. The average Bonchev–Trinajstić information content (AvgIpc) is 3.17. The first kappa shape index (κ1) is 14.1. The van der Waals surface area contributed by atoms with Crippen molar-refractivity contribution in [3.05, 3.63) is 29.7 Å². The number of rotatable bonds is 4. The number of nitrogens with one attached hydrogen (secondary N) is 1. The Hall–Kier alpha value is -1.88. The van der Waals surface area contributed by atoms with E-state index in [1.54, 1.807) is 7.11 Å². The molecule has 1 saturated heterocycles. The largest absolute Gasteiger partial charge is 0.496 e. The first-order valence-electron chi connectivity index (χ1n) is 7.43. The van der Waals surface area contributed by atoms with Crippen molar-refractivity contribution in [2.75, 3.05) is 13.7 Å². The number of aromatic nitrogens is 2. The summed E-state index contributed by atoms with van der Waals surface area (Å²) in [5.41, 5.74) is 1.87. The SMILES string of the molecule is CCC1(c2nc(-c3ccc(OC)c(C)c3)no2)CCCN1. The van der Waals surface area contributed by atoms with Crippen LogP contribution in [0.15, 0.2) is 22.7 Å². The summed E-state index contributed by atoms with van der Waals surface area (Å²) < 4.78 is 10.8. The van der Waals surface area contributed by atoms with Gasteiger partial charge in [0, 0.05) is 5.56 Å². The highest BCUT2D eigenvalue weighted by Gasteiger charge is 2.38. The Morgan fingerprint density at radius 1 is 1.43 bits per heavy atom. The average molecular weight is 287 g/mol. The molecule has 21 heavy (non-hydrogen) atoms. The zero-order chi connectivity index (χ0) is 14.9. The summed E-state index contributed by atoms with van der Waals surface area (Å²) in [6, 6.07) is 5.92. The summed E-state index contributed by atoms with van der Waals surface area (Å²) in [5, 5.41) is 7.67. The van der Waals surface area contributed by atoms with Crippen LogP contribution in [0.1, 0.15) is 37.6 Å². The van der Waals surface area contributed by atoms with Crippen molar-refractivity contribution in [1.82, 2.24) is 15.5 Å². The summed E-state index contributed by atoms with van der Waals surface area (Å²) in [6.07, 6.45) is 3.15. The zero-order valence-electron chi connectivity index (χ0n) is 12.8. The van der Waals surface area contributed by atoms with Crippen LogP contribution >= 0.6 is 0 Å². The fourth-order valence-corrected chi connectivity index (χ4v) is 2.99. The van der Waals surface area contributed by atoms with Gasteiger partial charge in [0.15, 0.2) is 0 Å². The number of hydrogen-bond donors (Lipinski definition) is 1. The third-order valence-electron chi connectivity index (χ3n) is 4.34. The van der Waals surface area contributed by atoms with E-state index in [9.17, 15) is 0 Å². The standard InChI is InChI=1S/C16H21N3O2/c1-4-16(8-5-9-17-16)15-18-14(19-21-15)12-6-7-13(20-3)11(2)10-12/h6-7,10,17H,4-5,8-9H2,1-3H3. The fourth-order valence-electron chi connectivity index (χ4n) is 2.99. The highest BCUT2D eigenvalue weighted by Crippen LogP contribution is 2.34. The topological polar surface area (TPSA) is 60.2 Å². The minimum atomic E-state index is -0.146. The van der Waals surface area contributed by atoms with Gasteiger partial charge in [-0.15, -0.1) is 0 Å². The van der Waals surface area contributed by atoms with E-state index in [1.807, 2.05) is 25.1 Å². The molecule has 1 aliphatic rings. The van der Waals surface area contributed by atoms with E-state index in [0.29, 0.717) is 11.7 Å². The van der Waals surface area contributed by atoms with Crippen molar-refractivity contribution in [1.29, 1.82) is 0 Å². The lowest BCUT2D eigenvalue weighted by atomic mass is 9.94. The van der Waals surface area contributed by atoms with Gasteiger partial charge in [-0.25, -0.2) is 0 Å². The van der Waals surface area contributed by atoms with Crippen LogP contribution in [0.5, 0.6) is 5.75 Å². The smallest absolute Gasteiger partial charge is 0.247 e. The Kier molecular flexibility index (Phi) is 3.68. The van der Waals surface area contributed by atoms with Gasteiger partial charge in [-0.1, -0.05) is 12.1 Å². The molecule has 112 valence electrons. The number of nitrogens with zero attached hydrogens (tertiary/aromatic N) is 2. The predicted molar refractivity (Wildman–Crippen MR) is 80.2 cm³/mol. The monoisotopic (exact) mass is 287 g/mol. The van der Waals surface area contributed by atoms with E-state index in [0.717, 1.165) is 42.7 Å². The maximum Gasteiger partial charge on any atom is 0.247 e. The van der Waals surface area contributed by atoms with Gasteiger partial charge in [0.2, 0.25) is 11.7 Å². The molecule has 0 aliphatic carbocycles. The van der Waals surface area contributed by atoms with E-state index < -0.39 is 0 Å². The molecule has 1 aromatic carbocycles. The molecule has 1 unspecified atom stereocenters. The molecule has 3 rings (SSSR count). The van der Waals surface area contributed by atoms with Gasteiger partial charge in [-0.05, 0) is 56.5 Å². The van der Waals surface area contributed by atoms with Crippen molar-refractivity contribution >= 4 is 0 Å². The number of hydrogen-bond acceptors (Lipinski definition) is 5. The van der Waals surface area contributed by atoms with E-state index in [-0.39, 0.29) is 5.54 Å². The second kappa shape index (κ2) is 5.48. The summed E-state index contributed by atoms with van der Waals surface area (Å²) >= 11 is 0. The normalized spacial score (nSPS) is 21.7. The van der Waals surface area contributed by atoms with Crippen LogP contribution < -0.4 is 10.1 Å². The molecule has 5 heteroatoms. The van der Waals surface area contributed by atoms with Crippen LogP contribution in [-0.2, 0) is 5.54 Å². The molecule has 0 radical (unpaired) electrons. The zero-order valence-corrected chi connectivity index (χ0v) is 12.8. The van der Waals surface area contributed by atoms with Crippen LogP contribution in [0.4, 0.5) is 0 Å². The van der Waals surface area contributed by atoms with Crippen molar-refractivity contribution < 1.29 is 9.26 Å². The first-order valence-corrected chi connectivity index (χ1v) is 7.43. The minimum Gasteiger partial charge on any atom is -0.496 e. The van der Waals surface area contributed by atoms with Crippen molar-refractivity contribution in [2.45, 2.75) is 38.6 Å². The third-order valence-corrected chi connectivity index (χ3v) is 4.34. The minimum absolute atomic E-state index is 0.146. The highest BCUT2D eigenvalue weighted by molar-refractivity contribution is 5.58. The van der Waals surface area contributed by atoms with E-state index in [1.165, 1.54) is 0 Å². The van der Waals surface area contributed by atoms with E-state index >= 15 is 0 Å². The Bertz CT molecular complexity index is 630. The van der Waals surface area contributed by atoms with Gasteiger partial charge >= 0.3 is 0 Å². The van der Waals surface area contributed by atoms with E-state index in [4.69, 9.17) is 9.26 Å². The molecule has 1 fully saturated rings. The van der Waals surface area contributed by atoms with Crippen LogP contribution in [-0.4, -0.2) is 23.8 Å². The van der Waals surface area contributed by atoms with Crippen LogP contribution in [0, 0.1) is 6.92 Å².